The number of sulfonamides is 1. The SMILES string of the molecule is Nc1csc(S(=O)(=O)NC2CCCCC2CO)c1. The van der Waals surface area contributed by atoms with Gasteiger partial charge in [0.1, 0.15) is 4.21 Å². The number of rotatable bonds is 4. The largest absolute Gasteiger partial charge is 0.398 e. The van der Waals surface area contributed by atoms with Crippen molar-refractivity contribution < 1.29 is 13.5 Å². The van der Waals surface area contributed by atoms with Crippen molar-refractivity contribution in [3.8, 4) is 0 Å². The van der Waals surface area contributed by atoms with Crippen molar-refractivity contribution in [2.75, 3.05) is 12.3 Å². The van der Waals surface area contributed by atoms with Gasteiger partial charge in [0.2, 0.25) is 10.0 Å². The molecule has 1 aromatic rings. The fourth-order valence-corrected chi connectivity index (χ4v) is 4.75. The maximum atomic E-state index is 12.1. The van der Waals surface area contributed by atoms with Crippen LogP contribution in [0.2, 0.25) is 0 Å². The van der Waals surface area contributed by atoms with Crippen LogP contribution in [0, 0.1) is 5.92 Å². The minimum atomic E-state index is -3.50. The predicted octanol–water partition coefficient (Wildman–Crippen LogP) is 1.16. The molecule has 0 spiro atoms. The molecule has 1 aliphatic carbocycles. The molecule has 0 aliphatic heterocycles. The normalized spacial score (nSPS) is 25.2. The topological polar surface area (TPSA) is 92.4 Å². The quantitative estimate of drug-likeness (QED) is 0.776. The van der Waals surface area contributed by atoms with Crippen LogP contribution in [0.1, 0.15) is 25.7 Å². The molecule has 5 nitrogen and oxygen atoms in total. The van der Waals surface area contributed by atoms with E-state index >= 15 is 0 Å². The molecule has 0 aromatic carbocycles. The molecule has 1 fully saturated rings. The number of hydrogen-bond acceptors (Lipinski definition) is 5. The number of nitrogens with one attached hydrogen (secondary N) is 1. The standard InChI is InChI=1S/C11H18N2O3S2/c12-9-5-11(17-7-9)18(15,16)13-10-4-2-1-3-8(10)6-14/h5,7-8,10,13-14H,1-4,6,12H2. The van der Waals surface area contributed by atoms with Crippen molar-refractivity contribution in [2.45, 2.75) is 35.9 Å². The Morgan fingerprint density at radius 1 is 1.44 bits per heavy atom. The van der Waals surface area contributed by atoms with E-state index in [0.717, 1.165) is 37.0 Å². The molecule has 0 amide bonds. The number of aliphatic hydroxyl groups is 1. The van der Waals surface area contributed by atoms with Gasteiger partial charge < -0.3 is 10.8 Å². The molecule has 2 atom stereocenters. The van der Waals surface area contributed by atoms with Gasteiger partial charge in [0.05, 0.1) is 0 Å². The van der Waals surface area contributed by atoms with Gasteiger partial charge >= 0.3 is 0 Å². The second kappa shape index (κ2) is 5.56. The Morgan fingerprint density at radius 2 is 2.17 bits per heavy atom. The lowest BCUT2D eigenvalue weighted by Crippen LogP contribution is -2.43. The molecule has 102 valence electrons. The Kier molecular flexibility index (Phi) is 4.26. The van der Waals surface area contributed by atoms with Crippen molar-refractivity contribution in [3.05, 3.63) is 11.4 Å². The van der Waals surface area contributed by atoms with Gasteiger partial charge in [0, 0.05) is 23.7 Å². The zero-order valence-corrected chi connectivity index (χ0v) is 11.6. The minimum Gasteiger partial charge on any atom is -0.398 e. The summed E-state index contributed by atoms with van der Waals surface area (Å²) in [6.45, 7) is 0.0275. The van der Waals surface area contributed by atoms with Gasteiger partial charge in [0.25, 0.3) is 0 Å². The molecule has 2 rings (SSSR count). The number of anilines is 1. The molecule has 0 saturated heterocycles. The molecular formula is C11H18N2O3S2. The van der Waals surface area contributed by atoms with Crippen LogP contribution in [-0.4, -0.2) is 26.2 Å². The zero-order valence-electron chi connectivity index (χ0n) is 10.0. The van der Waals surface area contributed by atoms with E-state index in [1.807, 2.05) is 0 Å². The van der Waals surface area contributed by atoms with Crippen molar-refractivity contribution in [2.24, 2.45) is 5.92 Å². The summed E-state index contributed by atoms with van der Waals surface area (Å²) in [4.78, 5) is 0. The highest BCUT2D eigenvalue weighted by Gasteiger charge is 2.29. The molecule has 0 radical (unpaired) electrons. The van der Waals surface area contributed by atoms with Crippen LogP contribution < -0.4 is 10.5 Å². The van der Waals surface area contributed by atoms with E-state index in [2.05, 4.69) is 4.72 Å². The second-order valence-electron chi connectivity index (χ2n) is 4.65. The monoisotopic (exact) mass is 290 g/mol. The smallest absolute Gasteiger partial charge is 0.250 e. The Labute approximate surface area is 111 Å². The van der Waals surface area contributed by atoms with E-state index < -0.39 is 10.0 Å². The maximum absolute atomic E-state index is 12.1. The molecule has 1 saturated carbocycles. The van der Waals surface area contributed by atoms with Crippen molar-refractivity contribution in [1.82, 2.24) is 4.72 Å². The van der Waals surface area contributed by atoms with Crippen LogP contribution in [0.15, 0.2) is 15.7 Å². The lowest BCUT2D eigenvalue weighted by atomic mass is 9.86. The van der Waals surface area contributed by atoms with E-state index in [9.17, 15) is 13.5 Å². The van der Waals surface area contributed by atoms with Crippen LogP contribution in [0.25, 0.3) is 0 Å². The summed E-state index contributed by atoms with van der Waals surface area (Å²) < 4.78 is 27.2. The third-order valence-corrected chi connectivity index (χ3v) is 6.26. The van der Waals surface area contributed by atoms with E-state index in [1.54, 1.807) is 5.38 Å². The van der Waals surface area contributed by atoms with E-state index in [1.165, 1.54) is 6.07 Å². The van der Waals surface area contributed by atoms with Gasteiger partial charge in [-0.25, -0.2) is 13.1 Å². The summed E-state index contributed by atoms with van der Waals surface area (Å²) in [6, 6.07) is 1.29. The molecule has 2 unspecified atom stereocenters. The number of nitrogens with two attached hydrogens (primary N) is 1. The van der Waals surface area contributed by atoms with Crippen molar-refractivity contribution in [3.63, 3.8) is 0 Å². The van der Waals surface area contributed by atoms with Crippen molar-refractivity contribution >= 4 is 27.0 Å². The molecular weight excluding hydrogens is 272 g/mol. The average molecular weight is 290 g/mol. The fourth-order valence-electron chi connectivity index (χ4n) is 2.31. The van der Waals surface area contributed by atoms with E-state index in [-0.39, 0.29) is 22.8 Å². The zero-order chi connectivity index (χ0) is 13.2. The molecule has 0 bridgehead atoms. The molecule has 4 N–H and O–H groups in total. The molecule has 1 heterocycles. The van der Waals surface area contributed by atoms with Gasteiger partial charge in [-0.15, -0.1) is 11.3 Å². The summed E-state index contributed by atoms with van der Waals surface area (Å²) in [7, 11) is -3.50. The molecule has 1 aromatic heterocycles. The molecule has 18 heavy (non-hydrogen) atoms. The first-order valence-electron chi connectivity index (χ1n) is 6.00. The van der Waals surface area contributed by atoms with Crippen LogP contribution in [0.5, 0.6) is 0 Å². The van der Waals surface area contributed by atoms with Gasteiger partial charge in [-0.1, -0.05) is 12.8 Å². The number of thiophene rings is 1. The predicted molar refractivity (Wildman–Crippen MR) is 71.9 cm³/mol. The number of hydrogen-bond donors (Lipinski definition) is 3. The summed E-state index contributed by atoms with van der Waals surface area (Å²) >= 11 is 1.12. The van der Waals surface area contributed by atoms with Crippen molar-refractivity contribution in [1.29, 1.82) is 0 Å². The summed E-state index contributed by atoms with van der Waals surface area (Å²) in [5.41, 5.74) is 6.00. The van der Waals surface area contributed by atoms with Crippen LogP contribution in [0.3, 0.4) is 0 Å². The summed E-state index contributed by atoms with van der Waals surface area (Å²) in [5, 5.41) is 10.9. The first-order chi connectivity index (χ1) is 8.53. The lowest BCUT2D eigenvalue weighted by Gasteiger charge is -2.30. The Bertz CT molecular complexity index is 498. The fraction of sp³-hybridized carbons (Fsp3) is 0.636. The molecule has 7 heteroatoms. The Morgan fingerprint density at radius 3 is 2.78 bits per heavy atom. The number of aliphatic hydroxyl groups excluding tert-OH is 1. The van der Waals surface area contributed by atoms with Gasteiger partial charge in [0.15, 0.2) is 0 Å². The second-order valence-corrected chi connectivity index (χ2v) is 7.51. The highest BCUT2D eigenvalue weighted by Crippen LogP contribution is 2.27. The summed E-state index contributed by atoms with van der Waals surface area (Å²) in [6.07, 6.45) is 3.70. The third kappa shape index (κ3) is 3.03. The first kappa shape index (κ1) is 13.8. The number of nitrogen functional groups attached to an aromatic ring is 1. The Hall–Kier alpha value is -0.630. The van der Waals surface area contributed by atoms with Crippen LogP contribution in [0.4, 0.5) is 5.69 Å². The first-order valence-corrected chi connectivity index (χ1v) is 8.36. The molecule has 1 aliphatic rings. The maximum Gasteiger partial charge on any atom is 0.250 e. The Balaban J connectivity index is 2.12. The highest BCUT2D eigenvalue weighted by molar-refractivity contribution is 7.91. The minimum absolute atomic E-state index is 0.0193. The van der Waals surface area contributed by atoms with E-state index in [0.29, 0.717) is 5.69 Å². The third-order valence-electron chi connectivity index (χ3n) is 3.31. The van der Waals surface area contributed by atoms with Crippen LogP contribution >= 0.6 is 11.3 Å². The lowest BCUT2D eigenvalue weighted by molar-refractivity contribution is 0.164. The van der Waals surface area contributed by atoms with Gasteiger partial charge in [-0.3, -0.25) is 0 Å². The highest BCUT2D eigenvalue weighted by atomic mass is 32.2. The summed E-state index contributed by atoms with van der Waals surface area (Å²) in [5.74, 6) is 0.0193. The van der Waals surface area contributed by atoms with Gasteiger partial charge in [-0.2, -0.15) is 0 Å². The average Bonchev–Trinajstić information content (AvgIpc) is 2.77. The van der Waals surface area contributed by atoms with Gasteiger partial charge in [-0.05, 0) is 24.8 Å². The van der Waals surface area contributed by atoms with E-state index in [4.69, 9.17) is 5.73 Å². The van der Waals surface area contributed by atoms with Crippen LogP contribution in [-0.2, 0) is 10.0 Å².